The lowest BCUT2D eigenvalue weighted by Gasteiger charge is -2.37. The van der Waals surface area contributed by atoms with Gasteiger partial charge in [-0.1, -0.05) is 23.7 Å². The average Bonchev–Trinajstić information content (AvgIpc) is 2.71. The Bertz CT molecular complexity index is 820. The monoisotopic (exact) mass is 418 g/mol. The summed E-state index contributed by atoms with van der Waals surface area (Å²) in [6, 6.07) is 12.2. The van der Waals surface area contributed by atoms with Crippen molar-refractivity contribution >= 4 is 17.6 Å². The lowest BCUT2D eigenvalue weighted by atomic mass is 10.0. The van der Waals surface area contributed by atoms with E-state index in [9.17, 15) is 9.90 Å². The van der Waals surface area contributed by atoms with E-state index >= 15 is 0 Å². The van der Waals surface area contributed by atoms with Crippen LogP contribution in [0.25, 0.3) is 0 Å². The van der Waals surface area contributed by atoms with Gasteiger partial charge in [-0.05, 0) is 48.4 Å². The van der Waals surface area contributed by atoms with E-state index in [4.69, 9.17) is 21.1 Å². The highest BCUT2D eigenvalue weighted by Gasteiger charge is 2.30. The first kappa shape index (κ1) is 21.4. The van der Waals surface area contributed by atoms with Crippen molar-refractivity contribution < 1.29 is 19.4 Å². The molecule has 1 heterocycles. The molecule has 6 nitrogen and oxygen atoms in total. The first-order valence-electron chi connectivity index (χ1n) is 9.70. The number of aliphatic carboxylic acids is 1. The average molecular weight is 419 g/mol. The van der Waals surface area contributed by atoms with Crippen LogP contribution in [-0.4, -0.2) is 67.3 Å². The maximum Gasteiger partial charge on any atom is 0.325 e. The minimum atomic E-state index is -0.829. The van der Waals surface area contributed by atoms with Crippen molar-refractivity contribution in [1.29, 1.82) is 0 Å². The number of halogens is 1. The van der Waals surface area contributed by atoms with E-state index in [2.05, 4.69) is 4.90 Å². The second-order valence-electron chi connectivity index (χ2n) is 7.15. The molecule has 3 rings (SSSR count). The smallest absolute Gasteiger partial charge is 0.325 e. The number of carboxylic acids is 1. The van der Waals surface area contributed by atoms with Gasteiger partial charge in [-0.15, -0.1) is 0 Å². The quantitative estimate of drug-likeness (QED) is 0.708. The Kier molecular flexibility index (Phi) is 7.36. The number of carbonyl (C=O) groups is 1. The summed E-state index contributed by atoms with van der Waals surface area (Å²) in [5.74, 6) is 0.738. The normalized spacial score (nSPS) is 16.4. The topological polar surface area (TPSA) is 62.2 Å². The van der Waals surface area contributed by atoms with E-state index in [-0.39, 0.29) is 0 Å². The molecule has 1 aliphatic rings. The largest absolute Gasteiger partial charge is 0.497 e. The zero-order valence-corrected chi connectivity index (χ0v) is 17.6. The predicted molar refractivity (Wildman–Crippen MR) is 113 cm³/mol. The van der Waals surface area contributed by atoms with E-state index in [1.54, 1.807) is 19.2 Å². The van der Waals surface area contributed by atoms with Crippen LogP contribution in [0.3, 0.4) is 0 Å². The van der Waals surface area contributed by atoms with Crippen LogP contribution in [0.5, 0.6) is 11.5 Å². The number of nitrogens with zero attached hydrogens (tertiary/aromatic N) is 2. The van der Waals surface area contributed by atoms with Gasteiger partial charge in [-0.25, -0.2) is 0 Å². The molecule has 29 heavy (non-hydrogen) atoms. The lowest BCUT2D eigenvalue weighted by Crippen LogP contribution is -2.50. The fraction of sp³-hybridized carbons (Fsp3) is 0.409. The Morgan fingerprint density at radius 1 is 1.14 bits per heavy atom. The SMILES string of the molecule is COc1ccc(C(C(=O)O)N2CCN(CCOc3ccc(Cl)cc3C)CC2)cc1. The molecule has 0 aliphatic carbocycles. The van der Waals surface area contributed by atoms with Gasteiger partial charge in [-0.2, -0.15) is 0 Å². The Morgan fingerprint density at radius 3 is 2.41 bits per heavy atom. The molecule has 1 atom stereocenters. The Balaban J connectivity index is 1.51. The van der Waals surface area contributed by atoms with Gasteiger partial charge in [-0.3, -0.25) is 14.6 Å². The number of carboxylic acid groups (broad SMARTS) is 1. The van der Waals surface area contributed by atoms with Crippen LogP contribution in [0.4, 0.5) is 0 Å². The molecule has 2 aromatic rings. The van der Waals surface area contributed by atoms with Crippen molar-refractivity contribution in [3.05, 3.63) is 58.6 Å². The first-order chi connectivity index (χ1) is 14.0. The molecule has 2 aromatic carbocycles. The summed E-state index contributed by atoms with van der Waals surface area (Å²) in [7, 11) is 1.60. The van der Waals surface area contributed by atoms with E-state index in [0.717, 1.165) is 42.3 Å². The number of methoxy groups -OCH3 is 1. The Labute approximate surface area is 176 Å². The van der Waals surface area contributed by atoms with Crippen LogP contribution < -0.4 is 9.47 Å². The summed E-state index contributed by atoms with van der Waals surface area (Å²) in [5.41, 5.74) is 1.79. The maximum absolute atomic E-state index is 11.9. The second kappa shape index (κ2) is 9.96. The number of hydrogen-bond acceptors (Lipinski definition) is 5. The number of benzene rings is 2. The van der Waals surface area contributed by atoms with Crippen LogP contribution >= 0.6 is 11.6 Å². The van der Waals surface area contributed by atoms with E-state index in [1.165, 1.54) is 0 Å². The van der Waals surface area contributed by atoms with Crippen LogP contribution in [0.2, 0.25) is 5.02 Å². The van der Waals surface area contributed by atoms with Crippen molar-refractivity contribution in [3.63, 3.8) is 0 Å². The third-order valence-electron chi connectivity index (χ3n) is 5.24. The van der Waals surface area contributed by atoms with Gasteiger partial charge < -0.3 is 14.6 Å². The van der Waals surface area contributed by atoms with E-state index in [0.29, 0.717) is 24.7 Å². The standard InChI is InChI=1S/C22H27ClN2O4/c1-16-15-18(23)5-8-20(16)29-14-13-24-9-11-25(12-10-24)21(22(26)27)17-3-6-19(28-2)7-4-17/h3-8,15,21H,9-14H2,1-2H3,(H,26,27). The molecule has 0 radical (unpaired) electrons. The summed E-state index contributed by atoms with van der Waals surface area (Å²) >= 11 is 5.98. The van der Waals surface area contributed by atoms with Crippen molar-refractivity contribution in [2.45, 2.75) is 13.0 Å². The summed E-state index contributed by atoms with van der Waals surface area (Å²) in [4.78, 5) is 16.2. The first-order valence-corrected chi connectivity index (χ1v) is 10.1. The highest BCUT2D eigenvalue weighted by Crippen LogP contribution is 2.25. The van der Waals surface area contributed by atoms with Crippen LogP contribution in [0, 0.1) is 6.92 Å². The minimum absolute atomic E-state index is 0.587. The molecule has 0 amide bonds. The Morgan fingerprint density at radius 2 is 1.83 bits per heavy atom. The van der Waals surface area contributed by atoms with Crippen LogP contribution in [-0.2, 0) is 4.79 Å². The van der Waals surface area contributed by atoms with Crippen molar-refractivity contribution in [1.82, 2.24) is 9.80 Å². The van der Waals surface area contributed by atoms with Gasteiger partial charge in [0.15, 0.2) is 0 Å². The third-order valence-corrected chi connectivity index (χ3v) is 5.47. The molecule has 0 spiro atoms. The fourth-order valence-electron chi connectivity index (χ4n) is 3.60. The summed E-state index contributed by atoms with van der Waals surface area (Å²) in [5, 5.41) is 10.5. The van der Waals surface area contributed by atoms with Gasteiger partial charge in [0, 0.05) is 37.7 Å². The number of rotatable bonds is 8. The zero-order valence-electron chi connectivity index (χ0n) is 16.8. The molecule has 0 aromatic heterocycles. The lowest BCUT2D eigenvalue weighted by molar-refractivity contribution is -0.144. The molecule has 0 bridgehead atoms. The summed E-state index contributed by atoms with van der Waals surface area (Å²) < 4.78 is 11.0. The molecular formula is C22H27ClN2O4. The number of piperazine rings is 1. The van der Waals surface area contributed by atoms with E-state index in [1.807, 2.05) is 42.2 Å². The van der Waals surface area contributed by atoms with Crippen molar-refractivity contribution in [2.24, 2.45) is 0 Å². The highest BCUT2D eigenvalue weighted by atomic mass is 35.5. The molecule has 1 saturated heterocycles. The molecule has 156 valence electrons. The molecule has 1 unspecified atom stereocenters. The molecule has 7 heteroatoms. The molecule has 1 N–H and O–H groups in total. The summed E-state index contributed by atoms with van der Waals surface area (Å²) in [6.45, 7) is 6.38. The summed E-state index contributed by atoms with van der Waals surface area (Å²) in [6.07, 6.45) is 0. The number of ether oxygens (including phenoxy) is 2. The number of hydrogen-bond donors (Lipinski definition) is 1. The van der Waals surface area contributed by atoms with Crippen molar-refractivity contribution in [2.75, 3.05) is 46.4 Å². The maximum atomic E-state index is 11.9. The van der Waals surface area contributed by atoms with Gasteiger partial charge in [0.1, 0.15) is 24.1 Å². The Hall–Kier alpha value is -2.28. The van der Waals surface area contributed by atoms with Gasteiger partial charge in [0.2, 0.25) is 0 Å². The molecule has 0 saturated carbocycles. The number of aryl methyl sites for hydroxylation is 1. The van der Waals surface area contributed by atoms with Gasteiger partial charge >= 0.3 is 5.97 Å². The zero-order chi connectivity index (χ0) is 20.8. The van der Waals surface area contributed by atoms with Crippen molar-refractivity contribution in [3.8, 4) is 11.5 Å². The van der Waals surface area contributed by atoms with Crippen LogP contribution in [0.15, 0.2) is 42.5 Å². The molecule has 1 fully saturated rings. The van der Waals surface area contributed by atoms with Gasteiger partial charge in [0.05, 0.1) is 7.11 Å². The third kappa shape index (κ3) is 5.63. The highest BCUT2D eigenvalue weighted by molar-refractivity contribution is 6.30. The fourth-order valence-corrected chi connectivity index (χ4v) is 3.83. The molecule has 1 aliphatic heterocycles. The minimum Gasteiger partial charge on any atom is -0.497 e. The van der Waals surface area contributed by atoms with Gasteiger partial charge in [0.25, 0.3) is 0 Å². The predicted octanol–water partition coefficient (Wildman–Crippen LogP) is 3.48. The van der Waals surface area contributed by atoms with Crippen LogP contribution in [0.1, 0.15) is 17.2 Å². The molecular weight excluding hydrogens is 392 g/mol. The second-order valence-corrected chi connectivity index (χ2v) is 7.59. The van der Waals surface area contributed by atoms with E-state index < -0.39 is 12.0 Å².